The molecule has 0 unspecified atom stereocenters. The van der Waals surface area contributed by atoms with E-state index in [4.69, 9.17) is 11.6 Å². The SMILES string of the molecule is O=[N+]([O-])c1ccc(CNc2ccc(F)cc2Cl)s1. The van der Waals surface area contributed by atoms with Gasteiger partial charge in [0, 0.05) is 17.5 Å². The van der Waals surface area contributed by atoms with Crippen molar-refractivity contribution in [3.05, 3.63) is 56.2 Å². The third kappa shape index (κ3) is 2.96. The Morgan fingerprint density at radius 3 is 2.78 bits per heavy atom. The highest BCUT2D eigenvalue weighted by Gasteiger charge is 2.09. The quantitative estimate of drug-likeness (QED) is 0.681. The lowest BCUT2D eigenvalue weighted by atomic mass is 10.3. The van der Waals surface area contributed by atoms with Crippen LogP contribution in [0.1, 0.15) is 4.88 Å². The van der Waals surface area contributed by atoms with Gasteiger partial charge in [0.2, 0.25) is 0 Å². The van der Waals surface area contributed by atoms with Gasteiger partial charge in [-0.05, 0) is 24.3 Å². The molecule has 0 aliphatic rings. The molecule has 1 N–H and O–H groups in total. The van der Waals surface area contributed by atoms with Gasteiger partial charge in [-0.25, -0.2) is 4.39 Å². The monoisotopic (exact) mass is 286 g/mol. The first-order valence-corrected chi connectivity index (χ1v) is 6.18. The van der Waals surface area contributed by atoms with Gasteiger partial charge < -0.3 is 5.32 Å². The Bertz CT molecular complexity index is 588. The molecule has 4 nitrogen and oxygen atoms in total. The normalized spacial score (nSPS) is 10.3. The van der Waals surface area contributed by atoms with Gasteiger partial charge in [-0.15, -0.1) is 0 Å². The Morgan fingerprint density at radius 1 is 1.39 bits per heavy atom. The molecule has 2 aromatic rings. The van der Waals surface area contributed by atoms with Crippen LogP contribution in [0.4, 0.5) is 15.1 Å². The number of halogens is 2. The van der Waals surface area contributed by atoms with Crippen molar-refractivity contribution >= 4 is 33.6 Å². The number of nitro groups is 1. The van der Waals surface area contributed by atoms with Crippen LogP contribution >= 0.6 is 22.9 Å². The minimum atomic E-state index is -0.432. The first kappa shape index (κ1) is 12.8. The molecule has 2 rings (SSSR count). The zero-order valence-corrected chi connectivity index (χ0v) is 10.6. The molecule has 0 bridgehead atoms. The number of rotatable bonds is 4. The summed E-state index contributed by atoms with van der Waals surface area (Å²) in [6.07, 6.45) is 0. The van der Waals surface area contributed by atoms with E-state index in [-0.39, 0.29) is 10.0 Å². The third-order valence-corrected chi connectivity index (χ3v) is 3.56. The van der Waals surface area contributed by atoms with Gasteiger partial charge in [0.15, 0.2) is 0 Å². The Labute approximate surface area is 111 Å². The Balaban J connectivity index is 2.04. The molecule has 0 radical (unpaired) electrons. The Kier molecular flexibility index (Phi) is 3.78. The fourth-order valence-corrected chi connectivity index (χ4v) is 2.37. The number of hydrogen-bond donors (Lipinski definition) is 1. The fourth-order valence-electron chi connectivity index (χ4n) is 1.37. The largest absolute Gasteiger partial charge is 0.379 e. The van der Waals surface area contributed by atoms with Gasteiger partial charge in [0.25, 0.3) is 0 Å². The van der Waals surface area contributed by atoms with E-state index in [0.29, 0.717) is 12.2 Å². The molecule has 7 heteroatoms. The van der Waals surface area contributed by atoms with Crippen molar-refractivity contribution in [2.75, 3.05) is 5.32 Å². The van der Waals surface area contributed by atoms with Crippen molar-refractivity contribution in [3.8, 4) is 0 Å². The summed E-state index contributed by atoms with van der Waals surface area (Å²) in [6.45, 7) is 0.407. The molecule has 0 saturated heterocycles. The lowest BCUT2D eigenvalue weighted by Gasteiger charge is -2.06. The molecular formula is C11H8ClFN2O2S. The fraction of sp³-hybridized carbons (Fsp3) is 0.0909. The van der Waals surface area contributed by atoms with E-state index in [2.05, 4.69) is 5.32 Å². The summed E-state index contributed by atoms with van der Waals surface area (Å²) in [5.41, 5.74) is 0.592. The highest BCUT2D eigenvalue weighted by Crippen LogP contribution is 2.27. The van der Waals surface area contributed by atoms with E-state index in [1.807, 2.05) is 0 Å². The molecule has 0 saturated carbocycles. The molecule has 0 amide bonds. The second-order valence-electron chi connectivity index (χ2n) is 3.47. The predicted octanol–water partition coefficient (Wildman–Crippen LogP) is 4.06. The molecule has 0 fully saturated rings. The van der Waals surface area contributed by atoms with Crippen LogP contribution in [0.15, 0.2) is 30.3 Å². The van der Waals surface area contributed by atoms with E-state index < -0.39 is 10.7 Å². The van der Waals surface area contributed by atoms with E-state index >= 15 is 0 Å². The summed E-state index contributed by atoms with van der Waals surface area (Å²) < 4.78 is 12.8. The smallest absolute Gasteiger partial charge is 0.324 e. The van der Waals surface area contributed by atoms with Gasteiger partial charge >= 0.3 is 5.00 Å². The second-order valence-corrected chi connectivity index (χ2v) is 5.03. The number of benzene rings is 1. The van der Waals surface area contributed by atoms with Crippen LogP contribution < -0.4 is 5.32 Å². The minimum Gasteiger partial charge on any atom is -0.379 e. The van der Waals surface area contributed by atoms with Crippen molar-refractivity contribution in [2.45, 2.75) is 6.54 Å². The summed E-state index contributed by atoms with van der Waals surface area (Å²) >= 11 is 6.93. The molecule has 1 aromatic heterocycles. The zero-order chi connectivity index (χ0) is 13.1. The summed E-state index contributed by atoms with van der Waals surface area (Å²) in [5.74, 6) is -0.405. The molecule has 0 spiro atoms. The standard InChI is InChI=1S/C11H8ClFN2O2S/c12-9-5-7(13)1-3-10(9)14-6-8-2-4-11(18-8)15(16)17/h1-5,14H,6H2. The number of hydrogen-bond acceptors (Lipinski definition) is 4. The average molecular weight is 287 g/mol. The maximum absolute atomic E-state index is 12.8. The van der Waals surface area contributed by atoms with Crippen LogP contribution in [-0.2, 0) is 6.54 Å². The van der Waals surface area contributed by atoms with Crippen LogP contribution in [0.25, 0.3) is 0 Å². The summed E-state index contributed by atoms with van der Waals surface area (Å²) in [6, 6.07) is 7.16. The Hall–Kier alpha value is -1.66. The molecule has 18 heavy (non-hydrogen) atoms. The third-order valence-electron chi connectivity index (χ3n) is 2.21. The molecule has 0 aliphatic heterocycles. The van der Waals surface area contributed by atoms with Gasteiger partial charge in [-0.2, -0.15) is 0 Å². The van der Waals surface area contributed by atoms with E-state index in [0.717, 1.165) is 16.2 Å². The first-order chi connectivity index (χ1) is 8.56. The summed E-state index contributed by atoms with van der Waals surface area (Å²) in [4.78, 5) is 10.9. The van der Waals surface area contributed by atoms with Crippen LogP contribution in [0.3, 0.4) is 0 Å². The molecule has 94 valence electrons. The second kappa shape index (κ2) is 5.32. The van der Waals surface area contributed by atoms with Crippen LogP contribution in [0, 0.1) is 15.9 Å². The maximum atomic E-state index is 12.8. The van der Waals surface area contributed by atoms with Crippen molar-refractivity contribution in [1.82, 2.24) is 0 Å². The maximum Gasteiger partial charge on any atom is 0.324 e. The molecule has 0 aliphatic carbocycles. The van der Waals surface area contributed by atoms with E-state index in [1.165, 1.54) is 24.3 Å². The van der Waals surface area contributed by atoms with Crippen molar-refractivity contribution in [3.63, 3.8) is 0 Å². The van der Waals surface area contributed by atoms with Crippen molar-refractivity contribution < 1.29 is 9.31 Å². The van der Waals surface area contributed by atoms with Gasteiger partial charge in [-0.1, -0.05) is 22.9 Å². The number of thiophene rings is 1. The Morgan fingerprint density at radius 2 is 2.17 bits per heavy atom. The van der Waals surface area contributed by atoms with Gasteiger partial charge in [0.1, 0.15) is 5.82 Å². The zero-order valence-electron chi connectivity index (χ0n) is 9.02. The first-order valence-electron chi connectivity index (χ1n) is 4.98. The average Bonchev–Trinajstić information content (AvgIpc) is 2.76. The van der Waals surface area contributed by atoms with Crippen molar-refractivity contribution in [2.24, 2.45) is 0 Å². The highest BCUT2D eigenvalue weighted by atomic mass is 35.5. The van der Waals surface area contributed by atoms with E-state index in [9.17, 15) is 14.5 Å². The number of nitrogens with one attached hydrogen (secondary N) is 1. The topological polar surface area (TPSA) is 55.2 Å². The van der Waals surface area contributed by atoms with Crippen LogP contribution in [0.2, 0.25) is 5.02 Å². The molecule has 0 atom stereocenters. The number of nitrogens with zero attached hydrogens (tertiary/aromatic N) is 1. The molecule has 1 heterocycles. The minimum absolute atomic E-state index is 0.0944. The van der Waals surface area contributed by atoms with Crippen molar-refractivity contribution in [1.29, 1.82) is 0 Å². The summed E-state index contributed by atoms with van der Waals surface area (Å²) in [7, 11) is 0. The van der Waals surface area contributed by atoms with Gasteiger partial charge in [0.05, 0.1) is 15.6 Å². The van der Waals surface area contributed by atoms with Crippen LogP contribution in [0.5, 0.6) is 0 Å². The predicted molar refractivity (Wildman–Crippen MR) is 69.7 cm³/mol. The molecular weight excluding hydrogens is 279 g/mol. The lowest BCUT2D eigenvalue weighted by molar-refractivity contribution is -0.380. The summed E-state index contributed by atoms with van der Waals surface area (Å²) in [5, 5.41) is 13.9. The number of anilines is 1. The lowest BCUT2D eigenvalue weighted by Crippen LogP contribution is -1.98. The van der Waals surface area contributed by atoms with E-state index in [1.54, 1.807) is 6.07 Å². The van der Waals surface area contributed by atoms with Gasteiger partial charge in [-0.3, -0.25) is 10.1 Å². The van der Waals surface area contributed by atoms with Crippen LogP contribution in [-0.4, -0.2) is 4.92 Å². The molecule has 1 aromatic carbocycles. The highest BCUT2D eigenvalue weighted by molar-refractivity contribution is 7.15.